The highest BCUT2D eigenvalue weighted by atomic mass is 79.9. The van der Waals surface area contributed by atoms with Crippen molar-refractivity contribution in [2.75, 3.05) is 13.1 Å². The second-order valence-electron chi connectivity index (χ2n) is 5.20. The zero-order chi connectivity index (χ0) is 14.8. The highest BCUT2D eigenvalue weighted by Gasteiger charge is 2.20. The van der Waals surface area contributed by atoms with Crippen LogP contribution in [-0.4, -0.2) is 28.2 Å². The van der Waals surface area contributed by atoms with E-state index in [2.05, 4.69) is 31.2 Å². The van der Waals surface area contributed by atoms with Crippen molar-refractivity contribution < 1.29 is 5.11 Å². The number of hydrogen-bond donors (Lipinski definition) is 3. The number of aromatic nitrogens is 2. The quantitative estimate of drug-likeness (QED) is 0.777. The summed E-state index contributed by atoms with van der Waals surface area (Å²) >= 11 is 3.35. The summed E-state index contributed by atoms with van der Waals surface area (Å²) in [5.74, 6) is 0.503. The van der Waals surface area contributed by atoms with E-state index in [1.807, 2.05) is 12.1 Å². The molecule has 1 aromatic carbocycles. The van der Waals surface area contributed by atoms with E-state index >= 15 is 0 Å². The van der Waals surface area contributed by atoms with Gasteiger partial charge in [0.15, 0.2) is 0 Å². The van der Waals surface area contributed by atoms with Crippen LogP contribution in [0.5, 0.6) is 5.88 Å². The first-order chi connectivity index (χ1) is 10.1. The summed E-state index contributed by atoms with van der Waals surface area (Å²) < 4.78 is 0.917. The van der Waals surface area contributed by atoms with Gasteiger partial charge in [-0.3, -0.25) is 4.79 Å². The maximum atomic E-state index is 12.3. The molecule has 2 heterocycles. The Bertz CT molecular complexity index is 691. The monoisotopic (exact) mass is 349 g/mol. The third-order valence-corrected chi connectivity index (χ3v) is 4.26. The fourth-order valence-electron chi connectivity index (χ4n) is 2.63. The molecule has 0 aliphatic carbocycles. The van der Waals surface area contributed by atoms with Gasteiger partial charge in [0, 0.05) is 16.9 Å². The molecule has 3 rings (SSSR count). The number of hydrogen-bond acceptors (Lipinski definition) is 4. The third-order valence-electron chi connectivity index (χ3n) is 3.74. The van der Waals surface area contributed by atoms with Gasteiger partial charge in [0.1, 0.15) is 11.4 Å². The van der Waals surface area contributed by atoms with Crippen LogP contribution in [0, 0.1) is 0 Å². The first-order valence-corrected chi connectivity index (χ1v) is 7.74. The Labute approximate surface area is 130 Å². The highest BCUT2D eigenvalue weighted by molar-refractivity contribution is 9.10. The second-order valence-corrected chi connectivity index (χ2v) is 6.12. The topological polar surface area (TPSA) is 78.0 Å². The van der Waals surface area contributed by atoms with E-state index < -0.39 is 0 Å². The molecular weight excluding hydrogens is 334 g/mol. The van der Waals surface area contributed by atoms with Gasteiger partial charge >= 0.3 is 0 Å². The number of nitrogens with zero attached hydrogens (tertiary/aromatic N) is 1. The Hall–Kier alpha value is -1.66. The molecule has 1 unspecified atom stereocenters. The number of piperidine rings is 1. The van der Waals surface area contributed by atoms with Crippen LogP contribution in [0.1, 0.15) is 24.6 Å². The SMILES string of the molecule is O=c1[nH]c(C2CCCNC2)nc(O)c1-c1ccc(Br)cc1. The molecule has 3 N–H and O–H groups in total. The fourth-order valence-corrected chi connectivity index (χ4v) is 2.90. The molecule has 1 fully saturated rings. The standard InChI is InChI=1S/C15H16BrN3O2/c16-11-5-3-9(4-6-11)12-14(20)18-13(19-15(12)21)10-2-1-7-17-8-10/h3-6,10,17H,1-2,7-8H2,(H2,18,19,20,21). The Morgan fingerprint density at radius 2 is 2.05 bits per heavy atom. The second kappa shape index (κ2) is 5.99. The number of H-pyrrole nitrogens is 1. The van der Waals surface area contributed by atoms with Crippen molar-refractivity contribution in [3.8, 4) is 17.0 Å². The van der Waals surface area contributed by atoms with Gasteiger partial charge in [0.2, 0.25) is 5.88 Å². The highest BCUT2D eigenvalue weighted by Crippen LogP contribution is 2.27. The summed E-state index contributed by atoms with van der Waals surface area (Å²) in [7, 11) is 0. The van der Waals surface area contributed by atoms with Gasteiger partial charge < -0.3 is 15.4 Å². The van der Waals surface area contributed by atoms with Crippen LogP contribution in [0.3, 0.4) is 0 Å². The Morgan fingerprint density at radius 1 is 1.29 bits per heavy atom. The number of nitrogens with one attached hydrogen (secondary N) is 2. The molecule has 6 heteroatoms. The molecule has 2 aromatic rings. The molecular formula is C15H16BrN3O2. The number of rotatable bonds is 2. The van der Waals surface area contributed by atoms with E-state index in [0.29, 0.717) is 11.4 Å². The van der Waals surface area contributed by atoms with E-state index in [9.17, 15) is 9.90 Å². The van der Waals surface area contributed by atoms with Gasteiger partial charge in [-0.2, -0.15) is 4.98 Å². The molecule has 1 aliphatic rings. The van der Waals surface area contributed by atoms with Crippen molar-refractivity contribution in [1.29, 1.82) is 0 Å². The largest absolute Gasteiger partial charge is 0.493 e. The predicted molar refractivity (Wildman–Crippen MR) is 84.5 cm³/mol. The fraction of sp³-hybridized carbons (Fsp3) is 0.333. The van der Waals surface area contributed by atoms with Gasteiger partial charge in [-0.25, -0.2) is 0 Å². The first-order valence-electron chi connectivity index (χ1n) is 6.95. The summed E-state index contributed by atoms with van der Waals surface area (Å²) in [6.07, 6.45) is 2.01. The normalized spacial score (nSPS) is 18.6. The number of aromatic amines is 1. The summed E-state index contributed by atoms with van der Waals surface area (Å²) in [5.41, 5.74) is 0.568. The Balaban J connectivity index is 2.00. The molecule has 1 aromatic heterocycles. The Morgan fingerprint density at radius 3 is 2.67 bits per heavy atom. The zero-order valence-electron chi connectivity index (χ0n) is 11.4. The minimum atomic E-state index is -0.301. The molecule has 0 amide bonds. The number of benzene rings is 1. The first kappa shape index (κ1) is 14.3. The van der Waals surface area contributed by atoms with Gasteiger partial charge in [0.25, 0.3) is 5.56 Å². The lowest BCUT2D eigenvalue weighted by atomic mass is 9.98. The number of aromatic hydroxyl groups is 1. The molecule has 0 saturated carbocycles. The van der Waals surface area contributed by atoms with Crippen LogP contribution in [0.25, 0.3) is 11.1 Å². The zero-order valence-corrected chi connectivity index (χ0v) is 13.0. The molecule has 0 bridgehead atoms. The van der Waals surface area contributed by atoms with Gasteiger partial charge in [-0.05, 0) is 37.1 Å². The van der Waals surface area contributed by atoms with Crippen LogP contribution in [0.2, 0.25) is 0 Å². The summed E-state index contributed by atoms with van der Waals surface area (Å²) in [6, 6.07) is 7.20. The van der Waals surface area contributed by atoms with Crippen molar-refractivity contribution in [3.63, 3.8) is 0 Å². The lowest BCUT2D eigenvalue weighted by molar-refractivity contribution is 0.421. The van der Waals surface area contributed by atoms with Crippen LogP contribution in [0.15, 0.2) is 33.5 Å². The molecule has 110 valence electrons. The Kier molecular flexibility index (Phi) is 4.07. The van der Waals surface area contributed by atoms with Crippen molar-refractivity contribution in [1.82, 2.24) is 15.3 Å². The van der Waals surface area contributed by atoms with Crippen molar-refractivity contribution in [2.45, 2.75) is 18.8 Å². The minimum absolute atomic E-state index is 0.149. The summed E-state index contributed by atoms with van der Waals surface area (Å²) in [6.45, 7) is 1.77. The lowest BCUT2D eigenvalue weighted by Gasteiger charge is -2.22. The smallest absolute Gasteiger partial charge is 0.262 e. The number of halogens is 1. The van der Waals surface area contributed by atoms with E-state index in [-0.39, 0.29) is 22.9 Å². The molecule has 0 radical (unpaired) electrons. The molecule has 1 atom stereocenters. The average molecular weight is 350 g/mol. The van der Waals surface area contributed by atoms with Gasteiger partial charge in [-0.15, -0.1) is 0 Å². The van der Waals surface area contributed by atoms with Crippen molar-refractivity contribution in [2.24, 2.45) is 0 Å². The maximum Gasteiger partial charge on any atom is 0.262 e. The molecule has 21 heavy (non-hydrogen) atoms. The summed E-state index contributed by atoms with van der Waals surface area (Å²) in [5, 5.41) is 13.4. The van der Waals surface area contributed by atoms with Gasteiger partial charge in [0.05, 0.1) is 0 Å². The molecule has 5 nitrogen and oxygen atoms in total. The van der Waals surface area contributed by atoms with Crippen LogP contribution in [0.4, 0.5) is 0 Å². The van der Waals surface area contributed by atoms with Crippen molar-refractivity contribution >= 4 is 15.9 Å². The van der Waals surface area contributed by atoms with E-state index in [1.54, 1.807) is 12.1 Å². The van der Waals surface area contributed by atoms with E-state index in [4.69, 9.17) is 0 Å². The van der Waals surface area contributed by atoms with Crippen LogP contribution in [-0.2, 0) is 0 Å². The van der Waals surface area contributed by atoms with Crippen LogP contribution < -0.4 is 10.9 Å². The molecule has 1 saturated heterocycles. The third kappa shape index (κ3) is 3.01. The summed E-state index contributed by atoms with van der Waals surface area (Å²) in [4.78, 5) is 19.3. The maximum absolute atomic E-state index is 12.3. The van der Waals surface area contributed by atoms with E-state index in [0.717, 1.165) is 30.4 Å². The minimum Gasteiger partial charge on any atom is -0.493 e. The molecule has 0 spiro atoms. The van der Waals surface area contributed by atoms with Gasteiger partial charge in [-0.1, -0.05) is 28.1 Å². The molecule has 1 aliphatic heterocycles. The average Bonchev–Trinajstić information content (AvgIpc) is 2.49. The van der Waals surface area contributed by atoms with Crippen LogP contribution >= 0.6 is 15.9 Å². The lowest BCUT2D eigenvalue weighted by Crippen LogP contribution is -2.30. The van der Waals surface area contributed by atoms with E-state index in [1.165, 1.54) is 0 Å². The predicted octanol–water partition coefficient (Wildman–Crippen LogP) is 2.37. The van der Waals surface area contributed by atoms with Crippen molar-refractivity contribution in [3.05, 3.63) is 44.9 Å².